The Morgan fingerprint density at radius 3 is 2.14 bits per heavy atom. The molecule has 0 saturated carbocycles. The molecule has 0 aliphatic rings. The smallest absolute Gasteiger partial charge is 0.194 e. The molecule has 0 spiro atoms. The third-order valence-electron chi connectivity index (χ3n) is 4.43. The Balaban J connectivity index is 1.75. The molecule has 3 aromatic carbocycles. The lowest BCUT2D eigenvalue weighted by Gasteiger charge is -2.06. The van der Waals surface area contributed by atoms with Gasteiger partial charge in [-0.3, -0.25) is 4.99 Å². The standard InChI is InChI=1S/C24H19F4N/c1-2-3-4-5-16-6-8-17(9-7-16)15-29-19-10-11-20(21(25)14-19)18-12-22(26)24(28)23(27)13-18/h2-3,6-15H,4-5H2,1H3/b3-2+,29-15?. The maximum absolute atomic E-state index is 14.4. The topological polar surface area (TPSA) is 12.4 Å². The molecule has 0 unspecified atom stereocenters. The highest BCUT2D eigenvalue weighted by Gasteiger charge is 2.14. The summed E-state index contributed by atoms with van der Waals surface area (Å²) in [6.45, 7) is 1.99. The highest BCUT2D eigenvalue weighted by molar-refractivity contribution is 5.82. The van der Waals surface area contributed by atoms with Gasteiger partial charge in [0.2, 0.25) is 0 Å². The van der Waals surface area contributed by atoms with Gasteiger partial charge in [0, 0.05) is 17.8 Å². The summed E-state index contributed by atoms with van der Waals surface area (Å²) in [5.74, 6) is -5.01. The zero-order chi connectivity index (χ0) is 20.8. The minimum Gasteiger partial charge on any atom is -0.256 e. The molecule has 1 nitrogen and oxygen atoms in total. The molecule has 0 aliphatic heterocycles. The van der Waals surface area contributed by atoms with Crippen LogP contribution in [-0.2, 0) is 6.42 Å². The Hall–Kier alpha value is -3.21. The average molecular weight is 397 g/mol. The van der Waals surface area contributed by atoms with Crippen LogP contribution >= 0.6 is 0 Å². The van der Waals surface area contributed by atoms with Crippen LogP contribution in [0.4, 0.5) is 23.2 Å². The maximum atomic E-state index is 14.4. The van der Waals surface area contributed by atoms with Gasteiger partial charge in [-0.1, -0.05) is 36.4 Å². The Morgan fingerprint density at radius 1 is 0.828 bits per heavy atom. The summed E-state index contributed by atoms with van der Waals surface area (Å²) >= 11 is 0. The van der Waals surface area contributed by atoms with Gasteiger partial charge < -0.3 is 0 Å². The van der Waals surface area contributed by atoms with Crippen molar-refractivity contribution >= 4 is 11.9 Å². The summed E-state index contributed by atoms with van der Waals surface area (Å²) in [5.41, 5.74) is 2.32. The largest absolute Gasteiger partial charge is 0.256 e. The van der Waals surface area contributed by atoms with Crippen LogP contribution in [0.5, 0.6) is 0 Å². The van der Waals surface area contributed by atoms with E-state index < -0.39 is 23.3 Å². The lowest BCUT2D eigenvalue weighted by molar-refractivity contribution is 0.447. The Morgan fingerprint density at radius 2 is 1.52 bits per heavy atom. The average Bonchev–Trinajstić information content (AvgIpc) is 2.71. The van der Waals surface area contributed by atoms with Crippen molar-refractivity contribution < 1.29 is 17.6 Å². The van der Waals surface area contributed by atoms with Crippen LogP contribution in [0.1, 0.15) is 24.5 Å². The summed E-state index contributed by atoms with van der Waals surface area (Å²) in [6.07, 6.45) is 7.69. The molecule has 5 heteroatoms. The van der Waals surface area contributed by atoms with Gasteiger partial charge >= 0.3 is 0 Å². The molecule has 0 amide bonds. The third-order valence-corrected chi connectivity index (χ3v) is 4.43. The lowest BCUT2D eigenvalue weighted by Crippen LogP contribution is -1.93. The molecule has 0 radical (unpaired) electrons. The quantitative estimate of drug-likeness (QED) is 0.181. The van der Waals surface area contributed by atoms with Crippen molar-refractivity contribution in [1.82, 2.24) is 0 Å². The van der Waals surface area contributed by atoms with E-state index >= 15 is 0 Å². The second-order valence-electron chi connectivity index (χ2n) is 6.53. The molecule has 0 atom stereocenters. The summed E-state index contributed by atoms with van der Waals surface area (Å²) < 4.78 is 54.3. The first kappa shape index (κ1) is 20.5. The predicted molar refractivity (Wildman–Crippen MR) is 109 cm³/mol. The fraction of sp³-hybridized carbons (Fsp3) is 0.125. The molecule has 29 heavy (non-hydrogen) atoms. The minimum absolute atomic E-state index is 0.0350. The van der Waals surface area contributed by atoms with Crippen LogP contribution in [0, 0.1) is 23.3 Å². The zero-order valence-electron chi connectivity index (χ0n) is 15.8. The van der Waals surface area contributed by atoms with Gasteiger partial charge in [0.1, 0.15) is 5.82 Å². The summed E-state index contributed by atoms with van der Waals surface area (Å²) in [6, 6.07) is 13.5. The molecule has 148 valence electrons. The molecular formula is C24H19F4N. The molecule has 0 heterocycles. The second-order valence-corrected chi connectivity index (χ2v) is 6.53. The van der Waals surface area contributed by atoms with Crippen molar-refractivity contribution in [2.45, 2.75) is 19.8 Å². The molecule has 0 fully saturated rings. The van der Waals surface area contributed by atoms with Crippen LogP contribution in [0.15, 0.2) is 71.7 Å². The maximum Gasteiger partial charge on any atom is 0.194 e. The van der Waals surface area contributed by atoms with E-state index in [-0.39, 0.29) is 11.1 Å². The van der Waals surface area contributed by atoms with Gasteiger partial charge in [0.15, 0.2) is 17.5 Å². The van der Waals surface area contributed by atoms with Crippen LogP contribution < -0.4 is 0 Å². The molecule has 0 aliphatic carbocycles. The van der Waals surface area contributed by atoms with Crippen LogP contribution in [0.3, 0.4) is 0 Å². The van der Waals surface area contributed by atoms with Gasteiger partial charge in [0.25, 0.3) is 0 Å². The third kappa shape index (κ3) is 5.19. The molecule has 0 aromatic heterocycles. The minimum atomic E-state index is -1.58. The number of hydrogen-bond donors (Lipinski definition) is 0. The number of aliphatic imine (C=N–C) groups is 1. The van der Waals surface area contributed by atoms with Crippen molar-refractivity contribution in [3.05, 3.63) is 101 Å². The number of hydrogen-bond acceptors (Lipinski definition) is 1. The van der Waals surface area contributed by atoms with Gasteiger partial charge in [-0.05, 0) is 60.7 Å². The SMILES string of the molecule is C/C=C/CCc1ccc(C=Nc2ccc(-c3cc(F)c(F)c(F)c3)c(F)c2)cc1. The van der Waals surface area contributed by atoms with E-state index in [1.54, 1.807) is 6.21 Å². The van der Waals surface area contributed by atoms with Crippen molar-refractivity contribution in [3.8, 4) is 11.1 Å². The number of rotatable bonds is 6. The first-order chi connectivity index (χ1) is 14.0. The number of aryl methyl sites for hydroxylation is 1. The van der Waals surface area contributed by atoms with E-state index in [4.69, 9.17) is 0 Å². The number of nitrogens with zero attached hydrogens (tertiary/aromatic N) is 1. The van der Waals surface area contributed by atoms with E-state index in [0.29, 0.717) is 5.69 Å². The van der Waals surface area contributed by atoms with Crippen molar-refractivity contribution in [1.29, 1.82) is 0 Å². The summed E-state index contributed by atoms with van der Waals surface area (Å²) in [7, 11) is 0. The Kier molecular flexibility index (Phi) is 6.60. The predicted octanol–water partition coefficient (Wildman–Crippen LogP) is 7.17. The number of halogens is 4. The molecular weight excluding hydrogens is 378 g/mol. The summed E-state index contributed by atoms with van der Waals surface area (Å²) in [4.78, 5) is 4.24. The first-order valence-corrected chi connectivity index (χ1v) is 9.16. The Labute approximate surface area is 167 Å². The van der Waals surface area contributed by atoms with Crippen molar-refractivity contribution in [3.63, 3.8) is 0 Å². The zero-order valence-corrected chi connectivity index (χ0v) is 15.8. The van der Waals surface area contributed by atoms with Gasteiger partial charge in [0.05, 0.1) is 5.69 Å². The molecule has 0 bridgehead atoms. The first-order valence-electron chi connectivity index (χ1n) is 9.16. The lowest BCUT2D eigenvalue weighted by atomic mass is 10.0. The fourth-order valence-electron chi connectivity index (χ4n) is 2.87. The van der Waals surface area contributed by atoms with E-state index in [1.165, 1.54) is 17.7 Å². The van der Waals surface area contributed by atoms with E-state index in [9.17, 15) is 17.6 Å². The van der Waals surface area contributed by atoms with E-state index in [1.807, 2.05) is 37.3 Å². The van der Waals surface area contributed by atoms with Gasteiger partial charge in [-0.15, -0.1) is 0 Å². The molecule has 3 rings (SSSR count). The van der Waals surface area contributed by atoms with Crippen molar-refractivity contribution in [2.24, 2.45) is 4.99 Å². The normalized spacial score (nSPS) is 11.6. The van der Waals surface area contributed by atoms with Gasteiger partial charge in [-0.25, -0.2) is 17.6 Å². The molecule has 0 N–H and O–H groups in total. The Bertz CT molecular complexity index is 1030. The number of benzene rings is 3. The number of allylic oxidation sites excluding steroid dienone is 2. The van der Waals surface area contributed by atoms with E-state index in [2.05, 4.69) is 11.1 Å². The highest BCUT2D eigenvalue weighted by Crippen LogP contribution is 2.28. The van der Waals surface area contributed by atoms with Gasteiger partial charge in [-0.2, -0.15) is 0 Å². The molecule has 3 aromatic rings. The highest BCUT2D eigenvalue weighted by atomic mass is 19.2. The van der Waals surface area contributed by atoms with Crippen LogP contribution in [0.25, 0.3) is 11.1 Å². The monoisotopic (exact) mass is 397 g/mol. The second kappa shape index (κ2) is 9.32. The van der Waals surface area contributed by atoms with E-state index in [0.717, 1.165) is 36.6 Å². The van der Waals surface area contributed by atoms with Crippen molar-refractivity contribution in [2.75, 3.05) is 0 Å². The summed E-state index contributed by atoms with van der Waals surface area (Å²) in [5, 5.41) is 0. The van der Waals surface area contributed by atoms with Crippen LogP contribution in [0.2, 0.25) is 0 Å². The fourth-order valence-corrected chi connectivity index (χ4v) is 2.87. The molecule has 0 saturated heterocycles. The van der Waals surface area contributed by atoms with Crippen LogP contribution in [-0.4, -0.2) is 6.21 Å².